The van der Waals surface area contributed by atoms with Crippen molar-refractivity contribution >= 4 is 23.0 Å². The van der Waals surface area contributed by atoms with Crippen molar-refractivity contribution in [2.24, 2.45) is 16.8 Å². The number of nitrogens with one attached hydrogen (secondary N) is 1. The van der Waals surface area contributed by atoms with E-state index in [1.165, 1.54) is 17.8 Å². The quantitative estimate of drug-likeness (QED) is 0.564. The Hall–Kier alpha value is -1.94. The molecule has 0 radical (unpaired) electrons. The number of rotatable bonds is 2. The maximum absolute atomic E-state index is 14.6. The summed E-state index contributed by atoms with van der Waals surface area (Å²) in [5.41, 5.74) is -2.01. The van der Waals surface area contributed by atoms with Crippen LogP contribution >= 0.6 is 11.8 Å². The fraction of sp³-hybridized carbons (Fsp3) is 0.647. The van der Waals surface area contributed by atoms with Crippen LogP contribution in [0.25, 0.3) is 0 Å². The van der Waals surface area contributed by atoms with Gasteiger partial charge in [-0.2, -0.15) is 0 Å². The molecule has 2 heterocycles. The van der Waals surface area contributed by atoms with Gasteiger partial charge in [0.05, 0.1) is 23.9 Å². The molecule has 0 bridgehead atoms. The third-order valence-corrected chi connectivity index (χ3v) is 5.64. The summed E-state index contributed by atoms with van der Waals surface area (Å²) in [6.07, 6.45) is 2.19. The highest BCUT2D eigenvalue weighted by Crippen LogP contribution is 2.50. The first-order chi connectivity index (χ1) is 12.6. The number of ether oxygens (including phenoxy) is 2. The molecule has 3 aliphatic rings. The number of nitro groups is 1. The van der Waals surface area contributed by atoms with Crippen LogP contribution < -0.4 is 5.32 Å². The van der Waals surface area contributed by atoms with Crippen molar-refractivity contribution in [3.05, 3.63) is 33.8 Å². The van der Waals surface area contributed by atoms with Crippen LogP contribution in [0.3, 0.4) is 0 Å². The molecule has 1 N–H and O–H groups in total. The number of halogens is 1. The summed E-state index contributed by atoms with van der Waals surface area (Å²) in [7, 11) is 0. The number of amidine groups is 1. The minimum absolute atomic E-state index is 0.0832. The van der Waals surface area contributed by atoms with E-state index in [0.717, 1.165) is 6.08 Å². The van der Waals surface area contributed by atoms with Gasteiger partial charge in [0.1, 0.15) is 11.4 Å². The molecule has 8 nitrogen and oxygen atoms in total. The molecular weight excluding hydrogens is 377 g/mol. The van der Waals surface area contributed by atoms with Gasteiger partial charge in [-0.3, -0.25) is 15.4 Å². The lowest BCUT2D eigenvalue weighted by Crippen LogP contribution is -2.49. The molecule has 0 aromatic rings. The Morgan fingerprint density at radius 3 is 2.93 bits per heavy atom. The summed E-state index contributed by atoms with van der Waals surface area (Å²) < 4.78 is 25.7. The molecule has 1 amide bonds. The second-order valence-electron chi connectivity index (χ2n) is 7.66. The van der Waals surface area contributed by atoms with Crippen molar-refractivity contribution in [2.45, 2.75) is 44.9 Å². The monoisotopic (exact) mass is 399 g/mol. The van der Waals surface area contributed by atoms with Crippen LogP contribution in [0.2, 0.25) is 0 Å². The van der Waals surface area contributed by atoms with Crippen LogP contribution in [-0.2, 0) is 9.47 Å². The predicted molar refractivity (Wildman–Crippen MR) is 98.4 cm³/mol. The highest BCUT2D eigenvalue weighted by atomic mass is 32.2. The molecule has 1 saturated heterocycles. The number of aliphatic imine (C=N–C) groups is 1. The highest BCUT2D eigenvalue weighted by Gasteiger charge is 2.55. The molecule has 0 aromatic carbocycles. The Morgan fingerprint density at radius 1 is 1.52 bits per heavy atom. The molecular formula is C17H22FN3O5S. The van der Waals surface area contributed by atoms with Gasteiger partial charge in [-0.05, 0) is 33.3 Å². The van der Waals surface area contributed by atoms with E-state index in [1.54, 1.807) is 20.8 Å². The van der Waals surface area contributed by atoms with E-state index in [1.807, 2.05) is 0 Å². The summed E-state index contributed by atoms with van der Waals surface area (Å²) in [5.74, 6) is -0.927. The van der Waals surface area contributed by atoms with Crippen molar-refractivity contribution in [3.63, 3.8) is 0 Å². The molecule has 0 saturated carbocycles. The second kappa shape index (κ2) is 7.23. The van der Waals surface area contributed by atoms with Gasteiger partial charge in [-0.15, -0.1) is 0 Å². The van der Waals surface area contributed by atoms with Gasteiger partial charge >= 0.3 is 6.09 Å². The molecule has 0 aromatic heterocycles. The molecule has 1 aliphatic carbocycles. The van der Waals surface area contributed by atoms with Crippen molar-refractivity contribution in [1.82, 2.24) is 5.32 Å². The molecule has 2 aliphatic heterocycles. The van der Waals surface area contributed by atoms with Crippen LogP contribution in [-0.4, -0.2) is 39.9 Å². The average molecular weight is 399 g/mol. The molecule has 2 unspecified atom stereocenters. The Kier molecular flexibility index (Phi) is 5.31. The van der Waals surface area contributed by atoms with E-state index in [2.05, 4.69) is 10.3 Å². The minimum atomic E-state index is -1.26. The van der Waals surface area contributed by atoms with E-state index in [0.29, 0.717) is 18.8 Å². The zero-order valence-corrected chi connectivity index (χ0v) is 16.2. The second-order valence-corrected chi connectivity index (χ2v) is 8.67. The number of fused-ring (bicyclic) bond motifs is 1. The molecule has 148 valence electrons. The van der Waals surface area contributed by atoms with Gasteiger partial charge in [-0.1, -0.05) is 11.8 Å². The van der Waals surface area contributed by atoms with E-state index < -0.39 is 34.1 Å². The predicted octanol–water partition coefficient (Wildman–Crippen LogP) is 3.38. The summed E-state index contributed by atoms with van der Waals surface area (Å²) in [6.45, 7) is 5.62. The lowest BCUT2D eigenvalue weighted by molar-refractivity contribution is -0.429. The smallest absolute Gasteiger partial charge is 0.413 e. The Labute approximate surface area is 160 Å². The third-order valence-electron chi connectivity index (χ3n) is 4.60. The number of hydrogen-bond acceptors (Lipinski definition) is 7. The topological polar surface area (TPSA) is 103 Å². The van der Waals surface area contributed by atoms with Crippen LogP contribution in [0.4, 0.5) is 9.18 Å². The largest absolute Gasteiger partial charge is 0.444 e. The maximum Gasteiger partial charge on any atom is 0.413 e. The summed E-state index contributed by atoms with van der Waals surface area (Å²) in [4.78, 5) is 27.2. The fourth-order valence-electron chi connectivity index (χ4n) is 3.45. The number of carbonyl (C=O) groups is 1. The highest BCUT2D eigenvalue weighted by molar-refractivity contribution is 8.13. The van der Waals surface area contributed by atoms with Crippen LogP contribution in [0.1, 0.15) is 33.6 Å². The van der Waals surface area contributed by atoms with Crippen molar-refractivity contribution in [2.75, 3.05) is 12.4 Å². The van der Waals surface area contributed by atoms with Crippen molar-refractivity contribution < 1.29 is 23.6 Å². The molecule has 10 heteroatoms. The number of amides is 1. The van der Waals surface area contributed by atoms with E-state index >= 15 is 0 Å². The normalized spacial score (nSPS) is 30.6. The molecule has 1 fully saturated rings. The Morgan fingerprint density at radius 2 is 2.26 bits per heavy atom. The molecule has 3 atom stereocenters. The number of nitrogens with zero attached hydrogens (tertiary/aromatic N) is 2. The number of carbonyl (C=O) groups excluding carboxylic acids is 1. The Balaban J connectivity index is 1.87. The van der Waals surface area contributed by atoms with E-state index in [9.17, 15) is 19.3 Å². The summed E-state index contributed by atoms with van der Waals surface area (Å²) in [6, 6.07) is 0. The first kappa shape index (κ1) is 19.8. The fourth-order valence-corrected chi connectivity index (χ4v) is 4.58. The van der Waals surface area contributed by atoms with E-state index in [-0.39, 0.29) is 23.2 Å². The van der Waals surface area contributed by atoms with Crippen molar-refractivity contribution in [1.29, 1.82) is 0 Å². The average Bonchev–Trinajstić information content (AvgIpc) is 2.97. The van der Waals surface area contributed by atoms with Crippen LogP contribution in [0.15, 0.2) is 28.7 Å². The minimum Gasteiger partial charge on any atom is -0.444 e. The van der Waals surface area contributed by atoms with Crippen LogP contribution in [0.5, 0.6) is 0 Å². The summed E-state index contributed by atoms with van der Waals surface area (Å²) >= 11 is 1.33. The zero-order chi connectivity index (χ0) is 19.8. The number of hydrogen-bond donors (Lipinski definition) is 1. The molecule has 0 spiro atoms. The third kappa shape index (κ3) is 4.16. The van der Waals surface area contributed by atoms with Gasteiger partial charge in [0.15, 0.2) is 10.9 Å². The standard InChI is InChI=1S/C17H22FN3O5S/c1-16(2,3)26-15(22)19-14-20-17(10(9-27-14)6-7-25-17)12-8-11(21(23)24)4-5-13(12)18/h4-5,10,12H,6-9H2,1-3H3,(H,19,20,22)/t10?,12?,17-/m1/s1. The lowest BCUT2D eigenvalue weighted by atomic mass is 9.80. The van der Waals surface area contributed by atoms with Gasteiger partial charge in [0.25, 0.3) is 0 Å². The van der Waals surface area contributed by atoms with Crippen molar-refractivity contribution in [3.8, 4) is 0 Å². The van der Waals surface area contributed by atoms with Crippen LogP contribution in [0, 0.1) is 22.0 Å². The van der Waals surface area contributed by atoms with Gasteiger partial charge in [0, 0.05) is 17.7 Å². The van der Waals surface area contributed by atoms with Gasteiger partial charge in [-0.25, -0.2) is 14.2 Å². The summed E-state index contributed by atoms with van der Waals surface area (Å²) in [5, 5.41) is 14.0. The molecule has 3 rings (SSSR count). The molecule has 27 heavy (non-hydrogen) atoms. The van der Waals surface area contributed by atoms with Gasteiger partial charge in [0.2, 0.25) is 5.70 Å². The first-order valence-corrected chi connectivity index (χ1v) is 9.66. The number of alkyl carbamates (subject to hydrolysis) is 1. The SMILES string of the molecule is CC(C)(C)OC(=O)NC1=N[C@@]2(C3CC([N+](=O)[O-])=CC=C3F)OCCC2CS1. The van der Waals surface area contributed by atoms with E-state index in [4.69, 9.17) is 9.47 Å². The zero-order valence-electron chi connectivity index (χ0n) is 15.4. The first-order valence-electron chi connectivity index (χ1n) is 8.68. The lowest BCUT2D eigenvalue weighted by Gasteiger charge is -2.40. The van der Waals surface area contributed by atoms with Gasteiger partial charge < -0.3 is 9.47 Å². The number of thioether (sulfide) groups is 1. The number of allylic oxidation sites excluding steroid dienone is 3. The Bertz CT molecular complexity index is 745. The maximum atomic E-state index is 14.6.